The van der Waals surface area contributed by atoms with Crippen LogP contribution in [-0.2, 0) is 5.54 Å². The van der Waals surface area contributed by atoms with Crippen molar-refractivity contribution in [1.82, 2.24) is 30.8 Å². The van der Waals surface area contributed by atoms with Crippen molar-refractivity contribution < 1.29 is 14.3 Å². The molecule has 0 atom stereocenters. The molecule has 4 rings (SSSR count). The number of carbonyl (C=O) groups excluding carboxylic acids is 1. The van der Waals surface area contributed by atoms with E-state index >= 15 is 0 Å². The lowest BCUT2D eigenvalue weighted by atomic mass is 9.76. The number of hydrogen-bond donors (Lipinski definition) is 2. The van der Waals surface area contributed by atoms with Crippen LogP contribution in [0.1, 0.15) is 45.4 Å². The summed E-state index contributed by atoms with van der Waals surface area (Å²) >= 11 is 0. The highest BCUT2D eigenvalue weighted by atomic mass is 16.6. The van der Waals surface area contributed by atoms with E-state index in [-0.39, 0.29) is 6.03 Å². The monoisotopic (exact) mass is 386 g/mol. The summed E-state index contributed by atoms with van der Waals surface area (Å²) < 4.78 is 13.0. The predicted octanol–water partition coefficient (Wildman–Crippen LogP) is 2.16. The van der Waals surface area contributed by atoms with Crippen molar-refractivity contribution in [3.05, 3.63) is 24.0 Å². The van der Waals surface area contributed by atoms with Gasteiger partial charge in [0.25, 0.3) is 0 Å². The highest BCUT2D eigenvalue weighted by Gasteiger charge is 2.42. The summed E-state index contributed by atoms with van der Waals surface area (Å²) in [7, 11) is 0. The lowest BCUT2D eigenvalue weighted by Crippen LogP contribution is -2.53. The molecule has 2 heterocycles. The van der Waals surface area contributed by atoms with E-state index in [1.807, 2.05) is 25.1 Å². The Morgan fingerprint density at radius 1 is 1.25 bits per heavy atom. The number of tetrazole rings is 1. The van der Waals surface area contributed by atoms with E-state index in [1.54, 1.807) is 4.68 Å². The highest BCUT2D eigenvalue weighted by molar-refractivity contribution is 5.75. The largest absolute Gasteiger partial charge is 0.486 e. The molecule has 0 saturated heterocycles. The van der Waals surface area contributed by atoms with Crippen LogP contribution in [0.5, 0.6) is 11.5 Å². The standard InChI is InChI=1S/C19H26N6O3/c1-3-20-18(26)21-19(8-6-13(2)7-9-19)17-22-23-24-25(17)14-4-5-15-16(12-14)28-11-10-27-15/h4-5,12-13H,3,6-11H2,1-2H3,(H2,20,21,26). The van der Waals surface area contributed by atoms with Crippen LogP contribution in [0, 0.1) is 5.92 Å². The molecule has 28 heavy (non-hydrogen) atoms. The van der Waals surface area contributed by atoms with Crippen molar-refractivity contribution >= 4 is 6.03 Å². The van der Waals surface area contributed by atoms with Gasteiger partial charge in [-0.2, -0.15) is 4.68 Å². The van der Waals surface area contributed by atoms with Crippen LogP contribution in [0.4, 0.5) is 4.79 Å². The topological polar surface area (TPSA) is 103 Å². The van der Waals surface area contributed by atoms with Gasteiger partial charge in [-0.15, -0.1) is 5.10 Å². The molecule has 9 heteroatoms. The molecule has 1 aliphatic heterocycles. The van der Waals surface area contributed by atoms with Gasteiger partial charge in [-0.25, -0.2) is 4.79 Å². The Morgan fingerprint density at radius 3 is 2.75 bits per heavy atom. The second-order valence-corrected chi connectivity index (χ2v) is 7.49. The Labute approximate surface area is 163 Å². The molecule has 1 saturated carbocycles. The van der Waals surface area contributed by atoms with E-state index in [1.165, 1.54) is 0 Å². The normalized spacial score (nSPS) is 23.9. The van der Waals surface area contributed by atoms with Crippen molar-refractivity contribution in [2.24, 2.45) is 5.92 Å². The molecular formula is C19H26N6O3. The minimum Gasteiger partial charge on any atom is -0.486 e. The molecular weight excluding hydrogens is 360 g/mol. The number of amides is 2. The number of nitrogens with one attached hydrogen (secondary N) is 2. The summed E-state index contributed by atoms with van der Waals surface area (Å²) in [6.07, 6.45) is 3.58. The molecule has 2 N–H and O–H groups in total. The first-order valence-electron chi connectivity index (χ1n) is 9.86. The van der Waals surface area contributed by atoms with Crippen molar-refractivity contribution in [1.29, 1.82) is 0 Å². The molecule has 1 aromatic heterocycles. The summed E-state index contributed by atoms with van der Waals surface area (Å²) in [5.41, 5.74) is 0.169. The van der Waals surface area contributed by atoms with Crippen molar-refractivity contribution in [3.63, 3.8) is 0 Å². The average Bonchev–Trinajstić information content (AvgIpc) is 3.20. The number of urea groups is 1. The number of rotatable bonds is 4. The van der Waals surface area contributed by atoms with Crippen LogP contribution in [0.2, 0.25) is 0 Å². The molecule has 9 nitrogen and oxygen atoms in total. The van der Waals surface area contributed by atoms with Gasteiger partial charge >= 0.3 is 6.03 Å². The van der Waals surface area contributed by atoms with Gasteiger partial charge in [-0.1, -0.05) is 6.92 Å². The number of ether oxygens (including phenoxy) is 2. The fourth-order valence-corrected chi connectivity index (χ4v) is 3.90. The molecule has 0 spiro atoms. The van der Waals surface area contributed by atoms with E-state index < -0.39 is 5.54 Å². The Morgan fingerprint density at radius 2 is 2.00 bits per heavy atom. The number of benzene rings is 1. The number of fused-ring (bicyclic) bond motifs is 1. The van der Waals surface area contributed by atoms with Gasteiger partial charge in [0.1, 0.15) is 18.8 Å². The Bertz CT molecular complexity index is 844. The van der Waals surface area contributed by atoms with Gasteiger partial charge in [-0.05, 0) is 61.1 Å². The fraction of sp³-hybridized carbons (Fsp3) is 0.579. The van der Waals surface area contributed by atoms with E-state index in [0.29, 0.717) is 43.0 Å². The number of nitrogens with zero attached hydrogens (tertiary/aromatic N) is 4. The molecule has 2 aromatic rings. The van der Waals surface area contributed by atoms with Crippen LogP contribution < -0.4 is 20.1 Å². The van der Waals surface area contributed by atoms with E-state index in [9.17, 15) is 4.79 Å². The Hall–Kier alpha value is -2.84. The molecule has 150 valence electrons. The van der Waals surface area contributed by atoms with Gasteiger partial charge in [-0.3, -0.25) is 0 Å². The zero-order valence-electron chi connectivity index (χ0n) is 16.3. The first-order valence-corrected chi connectivity index (χ1v) is 9.86. The zero-order valence-corrected chi connectivity index (χ0v) is 16.3. The molecule has 0 bridgehead atoms. The maximum atomic E-state index is 12.4. The van der Waals surface area contributed by atoms with Gasteiger partial charge in [0.15, 0.2) is 17.3 Å². The van der Waals surface area contributed by atoms with Crippen LogP contribution in [0.3, 0.4) is 0 Å². The number of aromatic nitrogens is 4. The second-order valence-electron chi connectivity index (χ2n) is 7.49. The highest BCUT2D eigenvalue weighted by Crippen LogP contribution is 2.40. The van der Waals surface area contributed by atoms with Crippen LogP contribution in [0.15, 0.2) is 18.2 Å². The minimum atomic E-state index is -0.609. The summed E-state index contributed by atoms with van der Waals surface area (Å²) in [6.45, 7) is 5.75. The predicted molar refractivity (Wildman–Crippen MR) is 102 cm³/mol. The van der Waals surface area contributed by atoms with Crippen LogP contribution >= 0.6 is 0 Å². The molecule has 0 radical (unpaired) electrons. The van der Waals surface area contributed by atoms with Crippen LogP contribution in [-0.4, -0.2) is 46.0 Å². The molecule has 1 aromatic carbocycles. The smallest absolute Gasteiger partial charge is 0.315 e. The summed E-state index contributed by atoms with van der Waals surface area (Å²) in [5, 5.41) is 18.4. The van der Waals surface area contributed by atoms with Gasteiger partial charge < -0.3 is 20.1 Å². The lowest BCUT2D eigenvalue weighted by Gasteiger charge is -2.38. The molecule has 2 amide bonds. The number of hydrogen-bond acceptors (Lipinski definition) is 6. The fourth-order valence-electron chi connectivity index (χ4n) is 3.90. The molecule has 2 aliphatic rings. The first kappa shape index (κ1) is 18.5. The quantitative estimate of drug-likeness (QED) is 0.835. The first-order chi connectivity index (χ1) is 13.6. The van der Waals surface area contributed by atoms with E-state index in [2.05, 4.69) is 33.1 Å². The third-order valence-corrected chi connectivity index (χ3v) is 5.49. The van der Waals surface area contributed by atoms with Gasteiger partial charge in [0, 0.05) is 12.6 Å². The van der Waals surface area contributed by atoms with Gasteiger partial charge in [0.2, 0.25) is 0 Å². The van der Waals surface area contributed by atoms with Gasteiger partial charge in [0.05, 0.1) is 5.69 Å². The summed E-state index contributed by atoms with van der Waals surface area (Å²) in [5.74, 6) is 2.64. The summed E-state index contributed by atoms with van der Waals surface area (Å²) in [6, 6.07) is 5.44. The Balaban J connectivity index is 1.71. The van der Waals surface area contributed by atoms with Crippen molar-refractivity contribution in [2.75, 3.05) is 19.8 Å². The maximum Gasteiger partial charge on any atom is 0.315 e. The minimum absolute atomic E-state index is 0.200. The van der Waals surface area contributed by atoms with Crippen LogP contribution in [0.25, 0.3) is 5.69 Å². The molecule has 1 aliphatic carbocycles. The van der Waals surface area contributed by atoms with E-state index in [0.717, 1.165) is 31.4 Å². The lowest BCUT2D eigenvalue weighted by molar-refractivity contribution is 0.171. The second kappa shape index (κ2) is 7.65. The molecule has 1 fully saturated rings. The summed E-state index contributed by atoms with van der Waals surface area (Å²) in [4.78, 5) is 12.4. The average molecular weight is 386 g/mol. The Kier molecular flexibility index (Phi) is 5.06. The zero-order chi connectivity index (χ0) is 19.6. The third kappa shape index (κ3) is 3.48. The van der Waals surface area contributed by atoms with Crippen molar-refractivity contribution in [2.45, 2.75) is 45.1 Å². The molecule has 0 unspecified atom stereocenters. The maximum absolute atomic E-state index is 12.4. The number of carbonyl (C=O) groups is 1. The van der Waals surface area contributed by atoms with E-state index in [4.69, 9.17) is 9.47 Å². The van der Waals surface area contributed by atoms with Crippen molar-refractivity contribution in [3.8, 4) is 17.2 Å². The third-order valence-electron chi connectivity index (χ3n) is 5.49. The SMILES string of the molecule is CCNC(=O)NC1(c2nnnn2-c2ccc3c(c2)OCCO3)CCC(C)CC1.